The summed E-state index contributed by atoms with van der Waals surface area (Å²) in [6.45, 7) is 0. The summed E-state index contributed by atoms with van der Waals surface area (Å²) in [4.78, 5) is 2.37. The van der Waals surface area contributed by atoms with Gasteiger partial charge in [-0.25, -0.2) is 0 Å². The maximum atomic E-state index is 6.51. The van der Waals surface area contributed by atoms with E-state index >= 15 is 0 Å². The number of nitrogens with zero attached hydrogens (tertiary/aromatic N) is 1. The number of rotatable bonds is 7. The van der Waals surface area contributed by atoms with E-state index in [4.69, 9.17) is 4.42 Å². The maximum Gasteiger partial charge on any atom is 0.143 e. The van der Waals surface area contributed by atoms with Gasteiger partial charge < -0.3 is 9.32 Å². The van der Waals surface area contributed by atoms with Crippen LogP contribution in [0, 0.1) is 0 Å². The number of hydrogen-bond donors (Lipinski definition) is 0. The van der Waals surface area contributed by atoms with Crippen LogP contribution < -0.4 is 4.90 Å². The molecule has 62 heavy (non-hydrogen) atoms. The quantitative estimate of drug-likeness (QED) is 0.150. The Kier molecular flexibility index (Phi) is 8.53. The van der Waals surface area contributed by atoms with Crippen LogP contribution in [-0.4, -0.2) is 0 Å². The minimum absolute atomic E-state index is 0.891. The highest BCUT2D eigenvalue weighted by Gasteiger charge is 2.17. The molecule has 0 aliphatic rings. The van der Waals surface area contributed by atoms with Crippen molar-refractivity contribution in [2.75, 3.05) is 4.90 Å². The van der Waals surface area contributed by atoms with Crippen LogP contribution in [0.4, 0.5) is 17.1 Å². The minimum Gasteiger partial charge on any atom is -0.455 e. The third-order valence-electron chi connectivity index (χ3n) is 12.4. The van der Waals surface area contributed by atoms with Crippen LogP contribution in [0.15, 0.2) is 241 Å². The molecule has 0 aliphatic carbocycles. The van der Waals surface area contributed by atoms with E-state index < -0.39 is 0 Å². The fraction of sp³-hybridized carbons (Fsp3) is 0. The van der Waals surface area contributed by atoms with Crippen LogP contribution in [0.1, 0.15) is 0 Å². The third-order valence-corrected chi connectivity index (χ3v) is 12.4. The molecule has 0 spiro atoms. The summed E-state index contributed by atoms with van der Waals surface area (Å²) in [7, 11) is 0. The Bertz CT molecular complexity index is 3610. The molecule has 0 aliphatic heterocycles. The minimum atomic E-state index is 0.891. The monoisotopic (exact) mass is 789 g/mol. The summed E-state index contributed by atoms with van der Waals surface area (Å²) in [5.74, 6) is 0. The summed E-state index contributed by atoms with van der Waals surface area (Å²) in [6.07, 6.45) is 0. The predicted molar refractivity (Wildman–Crippen MR) is 263 cm³/mol. The largest absolute Gasteiger partial charge is 0.455 e. The molecule has 11 aromatic carbocycles. The molecular weight excluding hydrogens is 751 g/mol. The first-order chi connectivity index (χ1) is 30.7. The lowest BCUT2D eigenvalue weighted by Gasteiger charge is -2.26. The van der Waals surface area contributed by atoms with Crippen LogP contribution in [0.5, 0.6) is 0 Å². The van der Waals surface area contributed by atoms with Gasteiger partial charge in [-0.1, -0.05) is 176 Å². The topological polar surface area (TPSA) is 16.4 Å². The molecule has 0 bridgehead atoms. The highest BCUT2D eigenvalue weighted by atomic mass is 16.3. The van der Waals surface area contributed by atoms with Gasteiger partial charge in [0.1, 0.15) is 11.2 Å². The molecule has 12 rings (SSSR count). The average molecular weight is 790 g/mol. The zero-order valence-corrected chi connectivity index (χ0v) is 33.9. The van der Waals surface area contributed by atoms with Gasteiger partial charge in [0.15, 0.2) is 0 Å². The van der Waals surface area contributed by atoms with E-state index in [9.17, 15) is 0 Å². The second kappa shape index (κ2) is 14.8. The Morgan fingerprint density at radius 1 is 0.258 bits per heavy atom. The van der Waals surface area contributed by atoms with Gasteiger partial charge in [0.25, 0.3) is 0 Å². The van der Waals surface area contributed by atoms with Gasteiger partial charge in [-0.15, -0.1) is 0 Å². The number of benzene rings is 11. The van der Waals surface area contributed by atoms with Crippen molar-refractivity contribution in [1.82, 2.24) is 0 Å². The molecule has 1 aromatic heterocycles. The molecule has 12 aromatic rings. The van der Waals surface area contributed by atoms with Crippen LogP contribution in [0.2, 0.25) is 0 Å². The zero-order chi connectivity index (χ0) is 41.0. The Morgan fingerprint density at radius 2 is 0.774 bits per heavy atom. The van der Waals surface area contributed by atoms with Gasteiger partial charge in [0.2, 0.25) is 0 Å². The van der Waals surface area contributed by atoms with Crippen LogP contribution in [0.25, 0.3) is 98.8 Å². The standard InChI is InChI=1S/C60H39NO/c1-3-12-41(13-4-1)54-20-11-21-55-58-39-47(28-35-59(58)62-60(54)55)40-24-29-49(30-25-40)61(51-33-34-53-48(36-51)23-22-43-16-9-10-19-52(43)53)50-31-26-44(27-32-50)57-38-46-18-8-7-17-45(46)37-56(57)42-14-5-2-6-15-42/h1-39H. The van der Waals surface area contributed by atoms with E-state index in [0.29, 0.717) is 0 Å². The lowest BCUT2D eigenvalue weighted by molar-refractivity contribution is 0.670. The molecule has 0 amide bonds. The fourth-order valence-corrected chi connectivity index (χ4v) is 9.34. The fourth-order valence-electron chi connectivity index (χ4n) is 9.34. The second-order valence-corrected chi connectivity index (χ2v) is 16.1. The van der Waals surface area contributed by atoms with Gasteiger partial charge in [0.05, 0.1) is 0 Å². The van der Waals surface area contributed by atoms with Crippen molar-refractivity contribution in [3.63, 3.8) is 0 Å². The van der Waals surface area contributed by atoms with E-state index in [1.54, 1.807) is 0 Å². The summed E-state index contributed by atoms with van der Waals surface area (Å²) in [5, 5.41) is 9.68. The first kappa shape index (κ1) is 35.7. The second-order valence-electron chi connectivity index (χ2n) is 16.1. The Morgan fingerprint density at radius 3 is 1.47 bits per heavy atom. The molecule has 0 N–H and O–H groups in total. The van der Waals surface area contributed by atoms with Gasteiger partial charge in [0, 0.05) is 33.4 Å². The van der Waals surface area contributed by atoms with Crippen LogP contribution in [-0.2, 0) is 0 Å². The van der Waals surface area contributed by atoms with E-state index in [-0.39, 0.29) is 0 Å². The number of fused-ring (bicyclic) bond motifs is 7. The first-order valence-corrected chi connectivity index (χ1v) is 21.2. The summed E-state index contributed by atoms with van der Waals surface area (Å²) >= 11 is 0. The van der Waals surface area contributed by atoms with E-state index in [0.717, 1.165) is 61.3 Å². The number of para-hydroxylation sites is 1. The smallest absolute Gasteiger partial charge is 0.143 e. The SMILES string of the molecule is c1ccc(-c2cc3ccccc3cc2-c2ccc(N(c3ccc(-c4ccc5oc6c(-c7ccccc7)cccc6c5c4)cc3)c3ccc4c(ccc5ccccc54)c3)cc2)cc1. The molecule has 0 radical (unpaired) electrons. The van der Waals surface area contributed by atoms with E-state index in [1.165, 1.54) is 54.6 Å². The van der Waals surface area contributed by atoms with Crippen molar-refractivity contribution in [2.24, 2.45) is 0 Å². The molecule has 2 nitrogen and oxygen atoms in total. The van der Waals surface area contributed by atoms with E-state index in [1.807, 2.05) is 6.07 Å². The lowest BCUT2D eigenvalue weighted by atomic mass is 9.91. The summed E-state index contributed by atoms with van der Waals surface area (Å²) in [6, 6.07) is 85.5. The Balaban J connectivity index is 0.955. The number of anilines is 3. The van der Waals surface area contributed by atoms with Gasteiger partial charge >= 0.3 is 0 Å². The van der Waals surface area contributed by atoms with Crippen molar-refractivity contribution in [1.29, 1.82) is 0 Å². The van der Waals surface area contributed by atoms with Gasteiger partial charge in [-0.3, -0.25) is 0 Å². The van der Waals surface area contributed by atoms with Crippen molar-refractivity contribution in [3.05, 3.63) is 237 Å². The molecule has 0 saturated heterocycles. The molecule has 1 heterocycles. The summed E-state index contributed by atoms with van der Waals surface area (Å²) < 4.78 is 6.51. The predicted octanol–water partition coefficient (Wildman–Crippen LogP) is 17.2. The average Bonchev–Trinajstić information content (AvgIpc) is 3.73. The third kappa shape index (κ3) is 6.20. The van der Waals surface area contributed by atoms with Gasteiger partial charge in [-0.05, 0) is 132 Å². The van der Waals surface area contributed by atoms with Crippen molar-refractivity contribution < 1.29 is 4.42 Å². The normalized spacial score (nSPS) is 11.5. The number of furan rings is 1. The number of hydrogen-bond acceptors (Lipinski definition) is 2. The molecule has 0 unspecified atom stereocenters. The van der Waals surface area contributed by atoms with Gasteiger partial charge in [-0.2, -0.15) is 0 Å². The Hall–Kier alpha value is -8.20. The van der Waals surface area contributed by atoms with Crippen molar-refractivity contribution >= 4 is 71.3 Å². The molecule has 2 heteroatoms. The van der Waals surface area contributed by atoms with Crippen molar-refractivity contribution in [3.8, 4) is 44.5 Å². The van der Waals surface area contributed by atoms with E-state index in [2.05, 4.69) is 235 Å². The zero-order valence-electron chi connectivity index (χ0n) is 33.9. The molecule has 290 valence electrons. The molecule has 0 saturated carbocycles. The Labute approximate surface area is 360 Å². The maximum absolute atomic E-state index is 6.51. The molecule has 0 fully saturated rings. The lowest BCUT2D eigenvalue weighted by Crippen LogP contribution is -2.09. The van der Waals surface area contributed by atoms with Crippen LogP contribution >= 0.6 is 0 Å². The highest BCUT2D eigenvalue weighted by molar-refractivity contribution is 6.11. The highest BCUT2D eigenvalue weighted by Crippen LogP contribution is 2.42. The first-order valence-electron chi connectivity index (χ1n) is 21.2. The summed E-state index contributed by atoms with van der Waals surface area (Å²) in [5.41, 5.74) is 14.5. The van der Waals surface area contributed by atoms with Crippen LogP contribution in [0.3, 0.4) is 0 Å². The molecule has 0 atom stereocenters. The van der Waals surface area contributed by atoms with Crippen molar-refractivity contribution in [2.45, 2.75) is 0 Å². The molecular formula is C60H39NO.